The van der Waals surface area contributed by atoms with Crippen LogP contribution in [0, 0.1) is 0 Å². The maximum absolute atomic E-state index is 7.68. The third-order valence-corrected chi connectivity index (χ3v) is 17.4. The van der Waals surface area contributed by atoms with Crippen LogP contribution in [0.15, 0.2) is 273 Å². The Morgan fingerprint density at radius 2 is 0.713 bits per heavy atom. The summed E-state index contributed by atoms with van der Waals surface area (Å²) in [5.74, 6) is 1.71. The van der Waals surface area contributed by atoms with Crippen molar-refractivity contribution < 1.29 is 4.74 Å². The predicted octanol–water partition coefficient (Wildman–Crippen LogP) is 14.4. The zero-order chi connectivity index (χ0) is 52.2. The Balaban J connectivity index is 0.949. The molecule has 0 fully saturated rings. The van der Waals surface area contributed by atoms with E-state index in [2.05, 4.69) is 297 Å². The number of aromatic nitrogens is 2. The van der Waals surface area contributed by atoms with Crippen molar-refractivity contribution in [3.05, 3.63) is 273 Å². The van der Waals surface area contributed by atoms with Gasteiger partial charge in [0.1, 0.15) is 11.5 Å². The molecule has 12 aromatic carbocycles. The van der Waals surface area contributed by atoms with E-state index in [1.54, 1.807) is 0 Å². The highest BCUT2D eigenvalue weighted by Crippen LogP contribution is 2.48. The highest BCUT2D eigenvalue weighted by Gasteiger charge is 2.47. The number of benzene rings is 12. The van der Waals surface area contributed by atoms with Gasteiger partial charge < -0.3 is 28.6 Å². The minimum Gasteiger partial charge on any atom is -0.458 e. The lowest BCUT2D eigenvalue weighted by atomic mass is 9.31. The number of hydrogen-bond acceptors (Lipinski definition) is 4. The number of para-hydroxylation sites is 9. The monoisotopic (exact) mass is 1020 g/mol. The molecule has 4 aliphatic rings. The second-order valence-electron chi connectivity index (χ2n) is 21.6. The third-order valence-electron chi connectivity index (χ3n) is 17.4. The molecule has 0 radical (unpaired) electrons. The van der Waals surface area contributed by atoms with E-state index in [9.17, 15) is 0 Å². The fraction of sp³-hybridized carbons (Fsp3) is 0. The summed E-state index contributed by atoms with van der Waals surface area (Å²) < 4.78 is 12.8. The molecule has 0 saturated carbocycles. The minimum atomic E-state index is -0.130. The Kier molecular flexibility index (Phi) is 9.03. The largest absolute Gasteiger partial charge is 0.458 e. The molecule has 6 nitrogen and oxygen atoms in total. The van der Waals surface area contributed by atoms with Crippen LogP contribution in [0.2, 0.25) is 0 Å². The average molecular weight is 1020 g/mol. The minimum absolute atomic E-state index is 0.115. The van der Waals surface area contributed by atoms with Crippen LogP contribution in [0.5, 0.6) is 11.5 Å². The van der Waals surface area contributed by atoms with Crippen LogP contribution in [0.4, 0.5) is 51.2 Å². The van der Waals surface area contributed by atoms with Crippen LogP contribution in [-0.2, 0) is 0 Å². The molecule has 4 aliphatic heterocycles. The van der Waals surface area contributed by atoms with Crippen LogP contribution in [0.25, 0.3) is 55.0 Å². The lowest BCUT2D eigenvalue weighted by Crippen LogP contribution is -2.63. The highest BCUT2D eigenvalue weighted by molar-refractivity contribution is 7.02. The summed E-state index contributed by atoms with van der Waals surface area (Å²) in [6.07, 6.45) is 0. The van der Waals surface area contributed by atoms with Crippen molar-refractivity contribution in [2.24, 2.45) is 0 Å². The molecule has 18 rings (SSSR count). The zero-order valence-corrected chi connectivity index (χ0v) is 43.3. The molecule has 0 aliphatic carbocycles. The normalized spacial score (nSPS) is 13.0. The predicted molar refractivity (Wildman–Crippen MR) is 335 cm³/mol. The van der Waals surface area contributed by atoms with Crippen LogP contribution >= 0.6 is 0 Å². The standard InChI is InChI=1S/C72H45B2N5O/c1-6-22-46(23-7-1)75(47-24-8-2-9-25-47)51-40-64-69-65(41-51)78-61-38-18-16-32-53(61)55-34-20-36-57(71(55)78)73(69)59-44-60-67(45-63(59)77(64)50-30-14-5-15-31-50)80-68-43-52(76(48-26-10-3-11-27-48)49-28-12-4-13-29-49)42-66-70(68)74(60)58-37-21-35-56-54-33-17-19-39-62(54)79(66)72(56)58/h1-45H. The molecule has 0 spiro atoms. The van der Waals surface area contributed by atoms with Crippen molar-refractivity contribution in [1.82, 2.24) is 9.13 Å². The maximum atomic E-state index is 7.68. The van der Waals surface area contributed by atoms with Gasteiger partial charge in [-0.25, -0.2) is 0 Å². The Hall–Kier alpha value is -10.4. The van der Waals surface area contributed by atoms with Crippen molar-refractivity contribution in [1.29, 1.82) is 0 Å². The fourth-order valence-corrected chi connectivity index (χ4v) is 14.4. The first-order chi connectivity index (χ1) is 39.7. The summed E-state index contributed by atoms with van der Waals surface area (Å²) in [5, 5.41) is 4.99. The molecular weight excluding hydrogens is 972 g/mol. The second-order valence-corrected chi connectivity index (χ2v) is 21.6. The van der Waals surface area contributed by atoms with E-state index in [1.165, 1.54) is 82.1 Å². The number of rotatable bonds is 7. The van der Waals surface area contributed by atoms with E-state index in [0.29, 0.717) is 0 Å². The molecule has 0 atom stereocenters. The third kappa shape index (κ3) is 5.99. The van der Waals surface area contributed by atoms with Crippen molar-refractivity contribution >= 4 is 141 Å². The molecule has 0 N–H and O–H groups in total. The van der Waals surface area contributed by atoms with Gasteiger partial charge >= 0.3 is 0 Å². The van der Waals surface area contributed by atoms with Crippen molar-refractivity contribution in [3.8, 4) is 22.9 Å². The smallest absolute Gasteiger partial charge is 0.256 e. The molecule has 0 bridgehead atoms. The molecular formula is C72H45B2N5O. The van der Waals surface area contributed by atoms with Gasteiger partial charge in [0.25, 0.3) is 13.4 Å². The number of ether oxygens (including phenoxy) is 1. The van der Waals surface area contributed by atoms with Crippen LogP contribution < -0.4 is 52.2 Å². The molecule has 370 valence electrons. The van der Waals surface area contributed by atoms with E-state index < -0.39 is 0 Å². The lowest BCUT2D eigenvalue weighted by molar-refractivity contribution is 0.487. The van der Waals surface area contributed by atoms with Gasteiger partial charge in [-0.05, 0) is 124 Å². The van der Waals surface area contributed by atoms with Gasteiger partial charge in [0, 0.05) is 95.9 Å². The van der Waals surface area contributed by atoms with E-state index in [0.717, 1.165) is 68.4 Å². The van der Waals surface area contributed by atoms with Crippen LogP contribution in [-0.4, -0.2) is 22.6 Å². The molecule has 80 heavy (non-hydrogen) atoms. The molecule has 8 heteroatoms. The molecule has 14 aromatic rings. The summed E-state index contributed by atoms with van der Waals surface area (Å²) in [6, 6.07) is 100. The van der Waals surface area contributed by atoms with E-state index in [1.807, 2.05) is 0 Å². The summed E-state index contributed by atoms with van der Waals surface area (Å²) >= 11 is 0. The van der Waals surface area contributed by atoms with E-state index >= 15 is 0 Å². The van der Waals surface area contributed by atoms with Gasteiger partial charge in [-0.1, -0.05) is 170 Å². The second kappa shape index (κ2) is 16.5. The van der Waals surface area contributed by atoms with Crippen molar-refractivity contribution in [3.63, 3.8) is 0 Å². The van der Waals surface area contributed by atoms with Gasteiger partial charge in [-0.2, -0.15) is 0 Å². The summed E-state index contributed by atoms with van der Waals surface area (Å²) in [5.41, 5.74) is 24.4. The van der Waals surface area contributed by atoms with Crippen molar-refractivity contribution in [2.45, 2.75) is 0 Å². The summed E-state index contributed by atoms with van der Waals surface area (Å²) in [4.78, 5) is 7.29. The highest BCUT2D eigenvalue weighted by atomic mass is 16.5. The summed E-state index contributed by atoms with van der Waals surface area (Å²) in [6.45, 7) is -0.244. The molecule has 2 aromatic heterocycles. The Morgan fingerprint density at radius 3 is 1.24 bits per heavy atom. The quantitative estimate of drug-likeness (QED) is 0.149. The summed E-state index contributed by atoms with van der Waals surface area (Å²) in [7, 11) is 0. The Labute approximate surface area is 463 Å². The van der Waals surface area contributed by atoms with Gasteiger partial charge in [0.15, 0.2) is 0 Å². The molecule has 0 unspecified atom stereocenters. The SMILES string of the molecule is c1ccc(N(c2ccccc2)c2cc3c4c(c2)-n2c5ccccc5c5cccc(c52)B4c2cc4c(cc2O3)N(c2ccccc2)c2cc(N(c3ccccc3)c3ccccc3)cc3c2B4c2cccc4c5ccccc5n-3c24)cc1. The van der Waals surface area contributed by atoms with E-state index in [-0.39, 0.29) is 13.4 Å². The number of anilines is 9. The van der Waals surface area contributed by atoms with Gasteiger partial charge in [-0.3, -0.25) is 0 Å². The molecule has 0 saturated heterocycles. The fourth-order valence-electron chi connectivity index (χ4n) is 14.4. The maximum Gasteiger partial charge on any atom is 0.256 e. The molecule has 0 amide bonds. The average Bonchev–Trinajstić information content (AvgIpc) is 3.33. The van der Waals surface area contributed by atoms with E-state index in [4.69, 9.17) is 4.74 Å². The molecule has 6 heterocycles. The number of nitrogens with zero attached hydrogens (tertiary/aromatic N) is 5. The van der Waals surface area contributed by atoms with Crippen LogP contribution in [0.3, 0.4) is 0 Å². The van der Waals surface area contributed by atoms with Gasteiger partial charge in [-0.15, -0.1) is 0 Å². The van der Waals surface area contributed by atoms with Gasteiger partial charge in [0.2, 0.25) is 0 Å². The number of fused-ring (bicyclic) bond motifs is 14. The Bertz CT molecular complexity index is 4810. The number of hydrogen-bond donors (Lipinski definition) is 0. The lowest BCUT2D eigenvalue weighted by Gasteiger charge is -2.42. The first-order valence-corrected chi connectivity index (χ1v) is 27.7. The first-order valence-electron chi connectivity index (χ1n) is 27.7. The van der Waals surface area contributed by atoms with Gasteiger partial charge in [0.05, 0.1) is 22.4 Å². The van der Waals surface area contributed by atoms with Crippen molar-refractivity contribution in [2.75, 3.05) is 14.7 Å². The Morgan fingerprint density at radius 1 is 0.287 bits per heavy atom. The topological polar surface area (TPSA) is 28.8 Å². The first kappa shape index (κ1) is 43.6. The zero-order valence-electron chi connectivity index (χ0n) is 43.3. The van der Waals surface area contributed by atoms with Crippen LogP contribution in [0.1, 0.15) is 0 Å².